The van der Waals surface area contributed by atoms with Gasteiger partial charge in [-0.15, -0.1) is 0 Å². The maximum Gasteiger partial charge on any atom is 0.271 e. The fourth-order valence-electron chi connectivity index (χ4n) is 6.54. The molecule has 0 spiro atoms. The van der Waals surface area contributed by atoms with Crippen molar-refractivity contribution in [2.75, 3.05) is 18.8 Å². The van der Waals surface area contributed by atoms with Crippen LogP contribution in [-0.2, 0) is 30.6 Å². The van der Waals surface area contributed by atoms with Crippen LogP contribution in [0, 0.1) is 17.8 Å². The van der Waals surface area contributed by atoms with Gasteiger partial charge in [0.05, 0.1) is 16.7 Å². The predicted octanol–water partition coefficient (Wildman–Crippen LogP) is 0.965. The molecule has 4 aliphatic rings. The number of fused-ring (bicyclic) bond motifs is 2. The molecule has 5 unspecified atom stereocenters. The molecule has 5 rings (SSSR count). The number of Topliss-reactive ketones (excluding diaryl/α,β-unsaturated/α-hetero) is 1. The van der Waals surface area contributed by atoms with Gasteiger partial charge in [0, 0.05) is 31.1 Å². The Balaban J connectivity index is 1.38. The first-order valence-electron chi connectivity index (χ1n) is 13.1. The molecule has 2 saturated heterocycles. The first-order chi connectivity index (χ1) is 17.2. The van der Waals surface area contributed by atoms with Crippen molar-refractivity contribution in [3.8, 4) is 0 Å². The summed E-state index contributed by atoms with van der Waals surface area (Å²) in [7, 11) is -3.42. The van der Waals surface area contributed by atoms with E-state index in [1.807, 2.05) is 0 Å². The smallest absolute Gasteiger partial charge is 0.271 e. The van der Waals surface area contributed by atoms with Crippen molar-refractivity contribution in [3.05, 3.63) is 17.5 Å². The van der Waals surface area contributed by atoms with Crippen molar-refractivity contribution < 1.29 is 27.6 Å². The first kappa shape index (κ1) is 25.0. The number of nitrogens with zero attached hydrogens (tertiary/aromatic N) is 1. The zero-order valence-corrected chi connectivity index (χ0v) is 21.4. The Labute approximate surface area is 210 Å². The van der Waals surface area contributed by atoms with Crippen molar-refractivity contribution in [2.24, 2.45) is 17.8 Å². The van der Waals surface area contributed by atoms with Crippen LogP contribution in [0.3, 0.4) is 0 Å². The van der Waals surface area contributed by atoms with Crippen LogP contribution >= 0.6 is 0 Å². The number of aryl methyl sites for hydroxylation is 1. The fraction of sp³-hybridized carbons (Fsp3) is 0.680. The molecule has 3 aliphatic heterocycles. The quantitative estimate of drug-likeness (QED) is 0.490. The van der Waals surface area contributed by atoms with Gasteiger partial charge in [-0.25, -0.2) is 8.42 Å². The van der Waals surface area contributed by atoms with Crippen LogP contribution in [0.15, 0.2) is 11.0 Å². The summed E-state index contributed by atoms with van der Waals surface area (Å²) in [5.74, 6) is -1.06. The van der Waals surface area contributed by atoms with Gasteiger partial charge in [-0.3, -0.25) is 19.2 Å². The van der Waals surface area contributed by atoms with Crippen molar-refractivity contribution in [3.63, 3.8) is 0 Å². The second kappa shape index (κ2) is 9.64. The number of aromatic nitrogens is 1. The number of hydrogen-bond donors (Lipinski definition) is 3. The van der Waals surface area contributed by atoms with Gasteiger partial charge in [-0.1, -0.05) is 13.3 Å². The Morgan fingerprint density at radius 3 is 2.69 bits per heavy atom. The monoisotopic (exact) mass is 518 g/mol. The number of ketones is 1. The predicted molar refractivity (Wildman–Crippen MR) is 130 cm³/mol. The van der Waals surface area contributed by atoms with Gasteiger partial charge >= 0.3 is 0 Å². The van der Waals surface area contributed by atoms with Gasteiger partial charge in [0.15, 0.2) is 15.6 Å². The number of H-pyrrole nitrogens is 1. The largest absolute Gasteiger partial charge is 0.356 e. The highest BCUT2D eigenvalue weighted by Crippen LogP contribution is 2.43. The van der Waals surface area contributed by atoms with Gasteiger partial charge in [-0.05, 0) is 56.4 Å². The minimum Gasteiger partial charge on any atom is -0.356 e. The van der Waals surface area contributed by atoms with Crippen LogP contribution in [0.1, 0.15) is 68.1 Å². The zero-order chi connectivity index (χ0) is 25.6. The van der Waals surface area contributed by atoms with E-state index in [0.29, 0.717) is 38.0 Å². The SMILES string of the molecule is CCC(=O)C(CC1CCNC1=O)NC(=O)C1C2CCCC2CN1C(=O)c1cc2c([nH]1)CCCS2(=O)=O. The minimum atomic E-state index is -3.42. The zero-order valence-electron chi connectivity index (χ0n) is 20.5. The molecule has 3 fully saturated rings. The number of sulfone groups is 1. The van der Waals surface area contributed by atoms with Crippen molar-refractivity contribution in [1.29, 1.82) is 0 Å². The molecule has 3 amide bonds. The molecule has 1 saturated carbocycles. The Hall–Kier alpha value is -2.69. The molecule has 0 aromatic carbocycles. The molecular formula is C25H34N4O6S. The number of aromatic amines is 1. The Bertz CT molecular complexity index is 1190. The van der Waals surface area contributed by atoms with Crippen molar-refractivity contribution >= 4 is 33.3 Å². The first-order valence-corrected chi connectivity index (χ1v) is 14.7. The molecular weight excluding hydrogens is 484 g/mol. The van der Waals surface area contributed by atoms with E-state index in [1.54, 1.807) is 11.8 Å². The highest BCUT2D eigenvalue weighted by molar-refractivity contribution is 7.91. The maximum atomic E-state index is 13.7. The molecule has 4 heterocycles. The third-order valence-electron chi connectivity index (χ3n) is 8.42. The van der Waals surface area contributed by atoms with E-state index in [4.69, 9.17) is 0 Å². The number of rotatable bonds is 7. The van der Waals surface area contributed by atoms with Gasteiger partial charge in [0.1, 0.15) is 11.7 Å². The molecule has 1 aromatic heterocycles. The summed E-state index contributed by atoms with van der Waals surface area (Å²) in [4.78, 5) is 56.8. The Morgan fingerprint density at radius 2 is 2.00 bits per heavy atom. The summed E-state index contributed by atoms with van der Waals surface area (Å²) in [6.45, 7) is 2.72. The Morgan fingerprint density at radius 1 is 1.19 bits per heavy atom. The third kappa shape index (κ3) is 4.46. The summed E-state index contributed by atoms with van der Waals surface area (Å²) in [6, 6.07) is -0.0969. The number of nitrogens with one attached hydrogen (secondary N) is 3. The van der Waals surface area contributed by atoms with E-state index in [-0.39, 0.29) is 70.4 Å². The van der Waals surface area contributed by atoms with Gasteiger partial charge in [0.2, 0.25) is 11.8 Å². The summed E-state index contributed by atoms with van der Waals surface area (Å²) in [6.07, 6.45) is 4.91. The van der Waals surface area contributed by atoms with E-state index < -0.39 is 21.9 Å². The number of carbonyl (C=O) groups excluding carboxylic acids is 4. The lowest BCUT2D eigenvalue weighted by Gasteiger charge is -2.29. The number of amides is 3. The van der Waals surface area contributed by atoms with Crippen LogP contribution in [0.5, 0.6) is 0 Å². The lowest BCUT2D eigenvalue weighted by molar-refractivity contribution is -0.132. The summed E-state index contributed by atoms with van der Waals surface area (Å²) in [5.41, 5.74) is 0.737. The van der Waals surface area contributed by atoms with Crippen LogP contribution < -0.4 is 10.6 Å². The summed E-state index contributed by atoms with van der Waals surface area (Å²) in [5, 5.41) is 5.67. The normalized spacial score (nSPS) is 29.4. The van der Waals surface area contributed by atoms with E-state index in [1.165, 1.54) is 6.07 Å². The van der Waals surface area contributed by atoms with E-state index >= 15 is 0 Å². The molecule has 1 aliphatic carbocycles. The third-order valence-corrected chi connectivity index (χ3v) is 10.3. The number of hydrogen-bond acceptors (Lipinski definition) is 6. The van der Waals surface area contributed by atoms with E-state index in [0.717, 1.165) is 19.3 Å². The maximum absolute atomic E-state index is 13.7. The molecule has 1 aromatic rings. The molecule has 0 bridgehead atoms. The molecule has 11 heteroatoms. The van der Waals surface area contributed by atoms with Crippen LogP contribution in [-0.4, -0.2) is 72.7 Å². The number of carbonyl (C=O) groups is 4. The average molecular weight is 519 g/mol. The molecule has 0 radical (unpaired) electrons. The number of likely N-dealkylation sites (tertiary alicyclic amines) is 1. The second-order valence-electron chi connectivity index (χ2n) is 10.6. The molecule has 10 nitrogen and oxygen atoms in total. The van der Waals surface area contributed by atoms with Gasteiger partial charge < -0.3 is 20.5 Å². The molecule has 5 atom stereocenters. The van der Waals surface area contributed by atoms with Crippen LogP contribution in [0.2, 0.25) is 0 Å². The van der Waals surface area contributed by atoms with Crippen LogP contribution in [0.4, 0.5) is 0 Å². The highest BCUT2D eigenvalue weighted by Gasteiger charge is 2.50. The highest BCUT2D eigenvalue weighted by atomic mass is 32.2. The lowest BCUT2D eigenvalue weighted by atomic mass is 9.91. The molecule has 3 N–H and O–H groups in total. The van der Waals surface area contributed by atoms with Crippen LogP contribution in [0.25, 0.3) is 0 Å². The topological polar surface area (TPSA) is 146 Å². The average Bonchev–Trinajstić information content (AvgIpc) is 3.61. The van der Waals surface area contributed by atoms with Crippen molar-refractivity contribution in [1.82, 2.24) is 20.5 Å². The lowest BCUT2D eigenvalue weighted by Crippen LogP contribution is -2.53. The minimum absolute atomic E-state index is 0.00516. The standard InChI is InChI=1S/C25H34N4O6S/c1-2-20(30)18(11-14-8-9-26-23(14)31)28-24(32)22-16-6-3-5-15(16)13-29(22)25(33)19-12-21-17(27-19)7-4-10-36(21,34)35/h12,14-16,18,22,27H,2-11,13H2,1H3,(H,26,31)(H,28,32). The Kier molecular flexibility index (Phi) is 6.69. The van der Waals surface area contributed by atoms with Gasteiger partial charge in [0.25, 0.3) is 5.91 Å². The fourth-order valence-corrected chi connectivity index (χ4v) is 8.11. The van der Waals surface area contributed by atoms with Gasteiger partial charge in [-0.2, -0.15) is 0 Å². The summed E-state index contributed by atoms with van der Waals surface area (Å²) < 4.78 is 24.9. The molecule has 196 valence electrons. The van der Waals surface area contributed by atoms with E-state index in [2.05, 4.69) is 15.6 Å². The summed E-state index contributed by atoms with van der Waals surface area (Å²) >= 11 is 0. The van der Waals surface area contributed by atoms with E-state index in [9.17, 15) is 27.6 Å². The van der Waals surface area contributed by atoms with Crippen molar-refractivity contribution in [2.45, 2.75) is 75.3 Å². The molecule has 36 heavy (non-hydrogen) atoms. The second-order valence-corrected chi connectivity index (χ2v) is 12.7.